The van der Waals surface area contributed by atoms with Gasteiger partial charge in [0, 0.05) is 5.56 Å². The molecule has 0 N–H and O–H groups in total. The number of allylic oxidation sites excluding steroid dienone is 1. The molecule has 0 radical (unpaired) electrons. The van der Waals surface area contributed by atoms with Gasteiger partial charge in [-0.2, -0.15) is 0 Å². The van der Waals surface area contributed by atoms with Gasteiger partial charge in [-0.25, -0.2) is 0 Å². The van der Waals surface area contributed by atoms with Crippen molar-refractivity contribution in [1.29, 1.82) is 0 Å². The van der Waals surface area contributed by atoms with Gasteiger partial charge in [0.05, 0.1) is 17.8 Å². The molecule has 0 spiro atoms. The van der Waals surface area contributed by atoms with Crippen LogP contribution in [0.3, 0.4) is 0 Å². The fourth-order valence-electron chi connectivity index (χ4n) is 1.24. The minimum Gasteiger partial charge on any atom is -0.496 e. The molecule has 0 atom stereocenters. The van der Waals surface area contributed by atoms with Gasteiger partial charge >= 0.3 is 0 Å². The smallest absolute Gasteiger partial charge is 0.132 e. The lowest BCUT2D eigenvalue weighted by atomic mass is 10.1. The second-order valence-corrected chi connectivity index (χ2v) is 3.95. The van der Waals surface area contributed by atoms with Crippen LogP contribution in [-0.2, 0) is 6.42 Å². The number of hydrogen-bond donors (Lipinski definition) is 0. The van der Waals surface area contributed by atoms with Crippen molar-refractivity contribution in [1.82, 2.24) is 0 Å². The molecule has 0 saturated carbocycles. The zero-order valence-electron chi connectivity index (χ0n) is 8.34. The Bertz CT molecular complexity index is 334. The lowest BCUT2D eigenvalue weighted by Crippen LogP contribution is -1.95. The second kappa shape index (κ2) is 5.24. The SMILES string of the molecule is C=CCc1cc(OC)c(I)cc1OC. The number of methoxy groups -OCH3 is 2. The van der Waals surface area contributed by atoms with Crippen LogP contribution in [0, 0.1) is 3.57 Å². The molecular formula is C11H13IO2. The molecule has 1 rings (SSSR count). The van der Waals surface area contributed by atoms with Crippen LogP contribution in [0.4, 0.5) is 0 Å². The summed E-state index contributed by atoms with van der Waals surface area (Å²) in [5.41, 5.74) is 1.10. The van der Waals surface area contributed by atoms with Crippen molar-refractivity contribution < 1.29 is 9.47 Å². The average Bonchev–Trinajstić information content (AvgIpc) is 2.20. The lowest BCUT2D eigenvalue weighted by molar-refractivity contribution is 0.397. The van der Waals surface area contributed by atoms with Crippen LogP contribution >= 0.6 is 22.6 Å². The molecule has 0 aromatic heterocycles. The fourth-order valence-corrected chi connectivity index (χ4v) is 1.90. The Morgan fingerprint density at radius 1 is 1.29 bits per heavy atom. The van der Waals surface area contributed by atoms with Gasteiger partial charge in [0.2, 0.25) is 0 Å². The van der Waals surface area contributed by atoms with Gasteiger partial charge in [-0.15, -0.1) is 6.58 Å². The first kappa shape index (κ1) is 11.4. The molecule has 3 heteroatoms. The molecule has 1 aromatic rings. The molecule has 0 saturated heterocycles. The monoisotopic (exact) mass is 304 g/mol. The Morgan fingerprint density at radius 3 is 2.43 bits per heavy atom. The van der Waals surface area contributed by atoms with E-state index in [0.29, 0.717) is 0 Å². The van der Waals surface area contributed by atoms with Gasteiger partial charge in [-0.05, 0) is 41.1 Å². The van der Waals surface area contributed by atoms with Crippen LogP contribution in [0.25, 0.3) is 0 Å². The highest BCUT2D eigenvalue weighted by molar-refractivity contribution is 14.1. The Hall–Kier alpha value is -0.710. The molecule has 0 unspecified atom stereocenters. The fraction of sp³-hybridized carbons (Fsp3) is 0.273. The molecule has 1 aromatic carbocycles. The molecule has 0 amide bonds. The lowest BCUT2D eigenvalue weighted by Gasteiger charge is -2.10. The summed E-state index contributed by atoms with van der Waals surface area (Å²) in [6.07, 6.45) is 2.64. The minimum absolute atomic E-state index is 0.788. The predicted molar refractivity (Wildman–Crippen MR) is 66.2 cm³/mol. The van der Waals surface area contributed by atoms with E-state index >= 15 is 0 Å². The van der Waals surface area contributed by atoms with Crippen molar-refractivity contribution in [2.45, 2.75) is 6.42 Å². The zero-order chi connectivity index (χ0) is 10.6. The summed E-state index contributed by atoms with van der Waals surface area (Å²) >= 11 is 2.22. The molecule has 2 nitrogen and oxygen atoms in total. The van der Waals surface area contributed by atoms with E-state index in [1.165, 1.54) is 0 Å². The third-order valence-electron chi connectivity index (χ3n) is 1.92. The van der Waals surface area contributed by atoms with Gasteiger partial charge in [-0.3, -0.25) is 0 Å². The van der Waals surface area contributed by atoms with Gasteiger partial charge in [0.25, 0.3) is 0 Å². The largest absolute Gasteiger partial charge is 0.496 e. The summed E-state index contributed by atoms with van der Waals surface area (Å²) in [7, 11) is 3.34. The molecule has 0 heterocycles. The van der Waals surface area contributed by atoms with Crippen LogP contribution in [0.5, 0.6) is 11.5 Å². The van der Waals surface area contributed by atoms with Crippen molar-refractivity contribution >= 4 is 22.6 Å². The van der Waals surface area contributed by atoms with Gasteiger partial charge in [-0.1, -0.05) is 6.08 Å². The Balaban J connectivity index is 3.17. The van der Waals surface area contributed by atoms with E-state index in [9.17, 15) is 0 Å². The number of ether oxygens (including phenoxy) is 2. The topological polar surface area (TPSA) is 18.5 Å². The van der Waals surface area contributed by atoms with Crippen LogP contribution in [0.1, 0.15) is 5.56 Å². The summed E-state index contributed by atoms with van der Waals surface area (Å²) in [5.74, 6) is 1.76. The summed E-state index contributed by atoms with van der Waals surface area (Å²) < 4.78 is 11.6. The molecule has 0 aliphatic rings. The van der Waals surface area contributed by atoms with E-state index in [1.54, 1.807) is 14.2 Å². The maximum absolute atomic E-state index is 5.27. The summed E-state index contributed by atoms with van der Waals surface area (Å²) in [5, 5.41) is 0. The molecule has 0 fully saturated rings. The van der Waals surface area contributed by atoms with E-state index in [2.05, 4.69) is 29.2 Å². The first-order valence-corrected chi connectivity index (χ1v) is 5.32. The Kier molecular flexibility index (Phi) is 4.25. The standard InChI is InChI=1S/C11H13IO2/c1-4-5-8-6-11(14-3)9(12)7-10(8)13-2/h4,6-7H,1,5H2,2-3H3. The average molecular weight is 304 g/mol. The Labute approximate surface area is 98.1 Å². The van der Waals surface area contributed by atoms with E-state index < -0.39 is 0 Å². The molecule has 76 valence electrons. The summed E-state index contributed by atoms with van der Waals surface area (Å²) in [4.78, 5) is 0. The zero-order valence-corrected chi connectivity index (χ0v) is 10.5. The highest BCUT2D eigenvalue weighted by atomic mass is 127. The van der Waals surface area contributed by atoms with Gasteiger partial charge < -0.3 is 9.47 Å². The second-order valence-electron chi connectivity index (χ2n) is 2.79. The molecular weight excluding hydrogens is 291 g/mol. The quantitative estimate of drug-likeness (QED) is 0.629. The number of benzene rings is 1. The van der Waals surface area contributed by atoms with Crippen LogP contribution < -0.4 is 9.47 Å². The summed E-state index contributed by atoms with van der Waals surface area (Å²) in [6, 6.07) is 3.96. The molecule has 14 heavy (non-hydrogen) atoms. The maximum atomic E-state index is 5.27. The van der Waals surface area contributed by atoms with Gasteiger partial charge in [0.15, 0.2) is 0 Å². The van der Waals surface area contributed by atoms with E-state index in [1.807, 2.05) is 18.2 Å². The van der Waals surface area contributed by atoms with Crippen molar-refractivity contribution in [2.24, 2.45) is 0 Å². The molecule has 0 aliphatic carbocycles. The first-order valence-electron chi connectivity index (χ1n) is 4.24. The van der Waals surface area contributed by atoms with Crippen LogP contribution in [0.15, 0.2) is 24.8 Å². The third kappa shape index (κ3) is 2.41. The highest BCUT2D eigenvalue weighted by Crippen LogP contribution is 2.30. The highest BCUT2D eigenvalue weighted by Gasteiger charge is 2.07. The molecule has 0 aliphatic heterocycles. The predicted octanol–water partition coefficient (Wildman–Crippen LogP) is 3.04. The van der Waals surface area contributed by atoms with Crippen molar-refractivity contribution in [3.05, 3.63) is 33.9 Å². The van der Waals surface area contributed by atoms with E-state index in [-0.39, 0.29) is 0 Å². The van der Waals surface area contributed by atoms with Crippen molar-refractivity contribution in [3.8, 4) is 11.5 Å². The Morgan fingerprint density at radius 2 is 1.93 bits per heavy atom. The van der Waals surface area contributed by atoms with E-state index in [4.69, 9.17) is 9.47 Å². The van der Waals surface area contributed by atoms with Crippen molar-refractivity contribution in [3.63, 3.8) is 0 Å². The maximum Gasteiger partial charge on any atom is 0.132 e. The number of rotatable bonds is 4. The molecule has 0 bridgehead atoms. The van der Waals surface area contributed by atoms with Crippen LogP contribution in [0.2, 0.25) is 0 Å². The van der Waals surface area contributed by atoms with Crippen molar-refractivity contribution in [2.75, 3.05) is 14.2 Å². The normalized spacial score (nSPS) is 9.64. The summed E-state index contributed by atoms with van der Waals surface area (Å²) in [6.45, 7) is 3.71. The number of halogens is 1. The first-order chi connectivity index (χ1) is 6.72. The van der Waals surface area contributed by atoms with E-state index in [0.717, 1.165) is 27.1 Å². The third-order valence-corrected chi connectivity index (χ3v) is 2.76. The minimum atomic E-state index is 0.788. The van der Waals surface area contributed by atoms with Crippen LogP contribution in [-0.4, -0.2) is 14.2 Å². The van der Waals surface area contributed by atoms with Gasteiger partial charge in [0.1, 0.15) is 11.5 Å². The number of hydrogen-bond acceptors (Lipinski definition) is 2.